The summed E-state index contributed by atoms with van der Waals surface area (Å²) in [5.74, 6) is 1.55. The lowest BCUT2D eigenvalue weighted by atomic mass is 9.77. The summed E-state index contributed by atoms with van der Waals surface area (Å²) in [6.45, 7) is 6.45. The molecule has 2 nitrogen and oxygen atoms in total. The molecule has 2 heteroatoms. The minimum atomic E-state index is -0.373. The highest BCUT2D eigenvalue weighted by Gasteiger charge is 2.26. The van der Waals surface area contributed by atoms with Crippen molar-refractivity contribution in [1.29, 1.82) is 0 Å². The van der Waals surface area contributed by atoms with Gasteiger partial charge in [0.15, 0.2) is 0 Å². The smallest absolute Gasteiger partial charge is 0.102 e. The summed E-state index contributed by atoms with van der Waals surface area (Å²) in [5, 5.41) is 12.8. The molecule has 0 heterocycles. The summed E-state index contributed by atoms with van der Waals surface area (Å²) in [7, 11) is 0. The Bertz CT molecular complexity index is 182. The van der Waals surface area contributed by atoms with Crippen molar-refractivity contribution in [3.8, 4) is 0 Å². The van der Waals surface area contributed by atoms with Crippen molar-refractivity contribution in [2.45, 2.75) is 78.0 Å². The van der Waals surface area contributed by atoms with Gasteiger partial charge >= 0.3 is 0 Å². The van der Waals surface area contributed by atoms with Crippen molar-refractivity contribution < 1.29 is 5.11 Å². The van der Waals surface area contributed by atoms with Gasteiger partial charge in [-0.2, -0.15) is 0 Å². The summed E-state index contributed by atoms with van der Waals surface area (Å²) in [6, 6.07) is 0.494. The standard InChI is InChI=1S/C14H29NO/c1-4-14(15-12(3)16)13-10-8-6-5-7-9-11(13)2/h11-16H,4-10H2,1-3H3. The van der Waals surface area contributed by atoms with Gasteiger partial charge in [0.2, 0.25) is 0 Å². The summed E-state index contributed by atoms with van der Waals surface area (Å²) in [4.78, 5) is 0. The van der Waals surface area contributed by atoms with E-state index in [1.807, 2.05) is 6.92 Å². The van der Waals surface area contributed by atoms with Gasteiger partial charge in [-0.25, -0.2) is 0 Å². The molecule has 0 aliphatic heterocycles. The van der Waals surface area contributed by atoms with Crippen LogP contribution in [0.5, 0.6) is 0 Å². The number of hydrogen-bond acceptors (Lipinski definition) is 2. The molecule has 0 bridgehead atoms. The minimum Gasteiger partial charge on any atom is -0.379 e. The molecular formula is C14H29NO. The van der Waals surface area contributed by atoms with E-state index < -0.39 is 0 Å². The maximum absolute atomic E-state index is 9.49. The van der Waals surface area contributed by atoms with Gasteiger partial charge in [-0.1, -0.05) is 46.0 Å². The van der Waals surface area contributed by atoms with Crippen LogP contribution >= 0.6 is 0 Å². The molecule has 2 N–H and O–H groups in total. The first-order valence-corrected chi connectivity index (χ1v) is 7.09. The van der Waals surface area contributed by atoms with E-state index in [4.69, 9.17) is 0 Å². The van der Waals surface area contributed by atoms with Gasteiger partial charge in [0.05, 0.1) is 0 Å². The van der Waals surface area contributed by atoms with Crippen molar-refractivity contribution in [3.63, 3.8) is 0 Å². The van der Waals surface area contributed by atoms with Crippen molar-refractivity contribution in [2.75, 3.05) is 0 Å². The second-order valence-corrected chi connectivity index (χ2v) is 5.49. The SMILES string of the molecule is CCC(NC(C)O)C1CCCCCCC1C. The number of nitrogens with one attached hydrogen (secondary N) is 1. The molecule has 4 unspecified atom stereocenters. The minimum absolute atomic E-state index is 0.373. The molecule has 0 amide bonds. The number of aliphatic hydroxyl groups excluding tert-OH is 1. The fourth-order valence-electron chi connectivity index (χ4n) is 3.15. The van der Waals surface area contributed by atoms with Gasteiger partial charge in [-0.3, -0.25) is 5.32 Å². The van der Waals surface area contributed by atoms with Crippen LogP contribution < -0.4 is 5.32 Å². The topological polar surface area (TPSA) is 32.3 Å². The first kappa shape index (κ1) is 14.0. The van der Waals surface area contributed by atoms with Crippen LogP contribution in [-0.4, -0.2) is 17.4 Å². The van der Waals surface area contributed by atoms with Crippen LogP contribution in [0.2, 0.25) is 0 Å². The van der Waals surface area contributed by atoms with Crippen LogP contribution in [0.4, 0.5) is 0 Å². The maximum atomic E-state index is 9.49. The highest BCUT2D eigenvalue weighted by atomic mass is 16.3. The molecule has 0 aromatic carbocycles. The van der Waals surface area contributed by atoms with Crippen molar-refractivity contribution in [2.24, 2.45) is 11.8 Å². The third-order valence-corrected chi connectivity index (χ3v) is 4.09. The largest absolute Gasteiger partial charge is 0.379 e. The fourth-order valence-corrected chi connectivity index (χ4v) is 3.15. The highest BCUT2D eigenvalue weighted by molar-refractivity contribution is 4.81. The van der Waals surface area contributed by atoms with Gasteiger partial charge < -0.3 is 5.11 Å². The second-order valence-electron chi connectivity index (χ2n) is 5.49. The van der Waals surface area contributed by atoms with Crippen LogP contribution in [0.3, 0.4) is 0 Å². The fraction of sp³-hybridized carbons (Fsp3) is 1.00. The van der Waals surface area contributed by atoms with Gasteiger partial charge in [0, 0.05) is 6.04 Å². The first-order valence-electron chi connectivity index (χ1n) is 7.09. The highest BCUT2D eigenvalue weighted by Crippen LogP contribution is 2.31. The molecule has 1 fully saturated rings. The lowest BCUT2D eigenvalue weighted by molar-refractivity contribution is 0.104. The molecule has 1 aliphatic rings. The third kappa shape index (κ3) is 4.42. The Morgan fingerprint density at radius 2 is 1.81 bits per heavy atom. The van der Waals surface area contributed by atoms with Crippen LogP contribution in [0, 0.1) is 11.8 Å². The lowest BCUT2D eigenvalue weighted by Crippen LogP contribution is -2.43. The van der Waals surface area contributed by atoms with Crippen LogP contribution in [0.15, 0.2) is 0 Å². The number of rotatable bonds is 4. The summed E-state index contributed by atoms with van der Waals surface area (Å²) in [6.07, 6.45) is 9.02. The van der Waals surface area contributed by atoms with Gasteiger partial charge in [0.25, 0.3) is 0 Å². The Morgan fingerprint density at radius 1 is 1.19 bits per heavy atom. The predicted molar refractivity (Wildman–Crippen MR) is 69.3 cm³/mol. The van der Waals surface area contributed by atoms with E-state index in [1.165, 1.54) is 38.5 Å². The summed E-state index contributed by atoms with van der Waals surface area (Å²) >= 11 is 0. The zero-order valence-electron chi connectivity index (χ0n) is 11.2. The molecule has 0 saturated heterocycles. The van der Waals surface area contributed by atoms with E-state index in [1.54, 1.807) is 0 Å². The van der Waals surface area contributed by atoms with Crippen LogP contribution in [0.1, 0.15) is 65.7 Å². The summed E-state index contributed by atoms with van der Waals surface area (Å²) < 4.78 is 0. The van der Waals surface area contributed by atoms with E-state index >= 15 is 0 Å². The Kier molecular flexibility index (Phi) is 6.37. The average molecular weight is 227 g/mol. The molecule has 96 valence electrons. The maximum Gasteiger partial charge on any atom is 0.102 e. The molecule has 0 spiro atoms. The molecule has 0 radical (unpaired) electrons. The molecule has 1 rings (SSSR count). The van der Waals surface area contributed by atoms with E-state index in [-0.39, 0.29) is 6.23 Å². The Labute approximate surface area is 101 Å². The van der Waals surface area contributed by atoms with Gasteiger partial charge in [-0.15, -0.1) is 0 Å². The molecular weight excluding hydrogens is 198 g/mol. The molecule has 1 saturated carbocycles. The van der Waals surface area contributed by atoms with E-state index in [0.717, 1.165) is 18.3 Å². The van der Waals surface area contributed by atoms with Crippen LogP contribution in [0.25, 0.3) is 0 Å². The third-order valence-electron chi connectivity index (χ3n) is 4.09. The molecule has 1 aliphatic carbocycles. The normalized spacial score (nSPS) is 31.5. The number of aliphatic hydroxyl groups is 1. The Balaban J connectivity index is 2.55. The van der Waals surface area contributed by atoms with E-state index in [0.29, 0.717) is 6.04 Å². The van der Waals surface area contributed by atoms with Crippen molar-refractivity contribution in [1.82, 2.24) is 5.32 Å². The quantitative estimate of drug-likeness (QED) is 0.722. The summed E-state index contributed by atoms with van der Waals surface area (Å²) in [5.41, 5.74) is 0. The lowest BCUT2D eigenvalue weighted by Gasteiger charge is -2.34. The van der Waals surface area contributed by atoms with Crippen LogP contribution in [-0.2, 0) is 0 Å². The van der Waals surface area contributed by atoms with Crippen molar-refractivity contribution >= 4 is 0 Å². The van der Waals surface area contributed by atoms with E-state index in [9.17, 15) is 5.11 Å². The zero-order valence-corrected chi connectivity index (χ0v) is 11.2. The first-order chi connectivity index (χ1) is 7.65. The zero-order chi connectivity index (χ0) is 12.0. The van der Waals surface area contributed by atoms with Gasteiger partial charge in [0.1, 0.15) is 6.23 Å². The predicted octanol–water partition coefficient (Wildman–Crippen LogP) is 3.30. The second kappa shape index (κ2) is 7.29. The van der Waals surface area contributed by atoms with Crippen molar-refractivity contribution in [3.05, 3.63) is 0 Å². The average Bonchev–Trinajstić information content (AvgIpc) is 2.21. The van der Waals surface area contributed by atoms with E-state index in [2.05, 4.69) is 19.2 Å². The molecule has 16 heavy (non-hydrogen) atoms. The Morgan fingerprint density at radius 3 is 2.38 bits per heavy atom. The molecule has 0 aromatic heterocycles. The Hall–Kier alpha value is -0.0800. The van der Waals surface area contributed by atoms with Gasteiger partial charge in [-0.05, 0) is 31.6 Å². The monoisotopic (exact) mass is 227 g/mol. The molecule has 0 aromatic rings. The number of hydrogen-bond donors (Lipinski definition) is 2. The molecule has 4 atom stereocenters.